The average molecular weight is 332 g/mol. The number of amides is 2. The van der Waals surface area contributed by atoms with Crippen molar-refractivity contribution >= 4 is 17.8 Å². The minimum absolute atomic E-state index is 0.000422. The van der Waals surface area contributed by atoms with Gasteiger partial charge in [0.25, 0.3) is 0 Å². The number of carbonyl (C=O) groups excluding carboxylic acids is 2. The summed E-state index contributed by atoms with van der Waals surface area (Å²) in [6.07, 6.45) is 3.25. The zero-order valence-corrected chi connectivity index (χ0v) is 13.7. The maximum atomic E-state index is 12.2. The predicted molar refractivity (Wildman–Crippen MR) is 89.4 cm³/mol. The molecule has 2 rings (SSSR count). The number of piperidine rings is 1. The average Bonchev–Trinajstić information content (AvgIpc) is 2.56. The second-order valence-electron chi connectivity index (χ2n) is 6.16. The van der Waals surface area contributed by atoms with Gasteiger partial charge in [-0.1, -0.05) is 30.3 Å². The molecule has 0 aromatic heterocycles. The van der Waals surface area contributed by atoms with Gasteiger partial charge < -0.3 is 15.3 Å². The van der Waals surface area contributed by atoms with Crippen LogP contribution in [0.5, 0.6) is 0 Å². The van der Waals surface area contributed by atoms with Crippen molar-refractivity contribution in [1.82, 2.24) is 10.2 Å². The molecule has 6 heteroatoms. The van der Waals surface area contributed by atoms with Gasteiger partial charge in [0.2, 0.25) is 11.8 Å². The van der Waals surface area contributed by atoms with Crippen LogP contribution in [0.1, 0.15) is 37.7 Å². The van der Waals surface area contributed by atoms with Crippen LogP contribution in [-0.2, 0) is 20.8 Å². The van der Waals surface area contributed by atoms with E-state index in [4.69, 9.17) is 5.11 Å². The zero-order chi connectivity index (χ0) is 17.4. The number of carboxylic acid groups (broad SMARTS) is 1. The Morgan fingerprint density at radius 1 is 1.21 bits per heavy atom. The van der Waals surface area contributed by atoms with Gasteiger partial charge in [-0.15, -0.1) is 0 Å². The summed E-state index contributed by atoms with van der Waals surface area (Å²) >= 11 is 0. The SMILES string of the molecule is O=C(O)CCC(Cc1ccccc1)NC(=O)CN1CCCCC1=O. The van der Waals surface area contributed by atoms with Gasteiger partial charge in [0, 0.05) is 25.4 Å². The van der Waals surface area contributed by atoms with Crippen LogP contribution in [0, 0.1) is 0 Å². The summed E-state index contributed by atoms with van der Waals surface area (Å²) in [7, 11) is 0. The van der Waals surface area contributed by atoms with E-state index in [0.29, 0.717) is 25.8 Å². The van der Waals surface area contributed by atoms with Gasteiger partial charge in [-0.3, -0.25) is 14.4 Å². The summed E-state index contributed by atoms with van der Waals surface area (Å²) in [5.41, 5.74) is 1.04. The van der Waals surface area contributed by atoms with Gasteiger partial charge in [-0.25, -0.2) is 0 Å². The van der Waals surface area contributed by atoms with Crippen molar-refractivity contribution in [3.8, 4) is 0 Å². The number of hydrogen-bond acceptors (Lipinski definition) is 3. The highest BCUT2D eigenvalue weighted by atomic mass is 16.4. The second-order valence-corrected chi connectivity index (χ2v) is 6.16. The summed E-state index contributed by atoms with van der Waals surface area (Å²) in [5, 5.41) is 11.8. The lowest BCUT2D eigenvalue weighted by Gasteiger charge is -2.27. The van der Waals surface area contributed by atoms with Crippen molar-refractivity contribution in [1.29, 1.82) is 0 Å². The van der Waals surface area contributed by atoms with Crippen LogP contribution in [-0.4, -0.2) is 46.9 Å². The molecular formula is C18H24N2O4. The maximum absolute atomic E-state index is 12.2. The molecule has 1 unspecified atom stereocenters. The van der Waals surface area contributed by atoms with E-state index in [1.165, 1.54) is 0 Å². The predicted octanol–water partition coefficient (Wildman–Crippen LogP) is 1.59. The van der Waals surface area contributed by atoms with Crippen LogP contribution in [0.2, 0.25) is 0 Å². The number of hydrogen-bond donors (Lipinski definition) is 2. The Kier molecular flexibility index (Phi) is 6.78. The third-order valence-electron chi connectivity index (χ3n) is 4.15. The van der Waals surface area contributed by atoms with Crippen molar-refractivity contribution in [3.05, 3.63) is 35.9 Å². The number of likely N-dealkylation sites (tertiary alicyclic amines) is 1. The standard InChI is InChI=1S/C18H24N2O4/c21-16(13-20-11-5-4-8-17(20)22)19-15(9-10-18(23)24)12-14-6-2-1-3-7-14/h1-3,6-7,15H,4-5,8-13H2,(H,19,21)(H,23,24). The molecule has 0 aliphatic carbocycles. The number of aliphatic carboxylic acids is 1. The van der Waals surface area contributed by atoms with Crippen molar-refractivity contribution in [3.63, 3.8) is 0 Å². The molecule has 0 saturated carbocycles. The minimum atomic E-state index is -0.881. The summed E-state index contributed by atoms with van der Waals surface area (Å²) in [6, 6.07) is 9.39. The van der Waals surface area contributed by atoms with Crippen LogP contribution >= 0.6 is 0 Å². The highest BCUT2D eigenvalue weighted by molar-refractivity contribution is 5.85. The zero-order valence-electron chi connectivity index (χ0n) is 13.7. The number of nitrogens with one attached hydrogen (secondary N) is 1. The molecule has 1 aliphatic heterocycles. The smallest absolute Gasteiger partial charge is 0.303 e. The number of benzene rings is 1. The van der Waals surface area contributed by atoms with Crippen LogP contribution in [0.25, 0.3) is 0 Å². The van der Waals surface area contributed by atoms with Gasteiger partial charge in [0.15, 0.2) is 0 Å². The van der Waals surface area contributed by atoms with Crippen molar-refractivity contribution < 1.29 is 19.5 Å². The first-order valence-electron chi connectivity index (χ1n) is 8.37. The van der Waals surface area contributed by atoms with Crippen LogP contribution in [0.4, 0.5) is 0 Å². The molecule has 1 heterocycles. The van der Waals surface area contributed by atoms with E-state index in [1.807, 2.05) is 30.3 Å². The molecule has 24 heavy (non-hydrogen) atoms. The Bertz CT molecular complexity index is 574. The Balaban J connectivity index is 1.91. The lowest BCUT2D eigenvalue weighted by atomic mass is 10.0. The monoisotopic (exact) mass is 332 g/mol. The quantitative estimate of drug-likeness (QED) is 0.757. The van der Waals surface area contributed by atoms with Gasteiger partial charge in [-0.05, 0) is 31.2 Å². The molecule has 0 bridgehead atoms. The third-order valence-corrected chi connectivity index (χ3v) is 4.15. The third kappa shape index (κ3) is 6.02. The summed E-state index contributed by atoms with van der Waals surface area (Å²) in [4.78, 5) is 36.5. The Labute approximate surface area is 141 Å². The normalized spacial score (nSPS) is 15.8. The van der Waals surface area contributed by atoms with E-state index in [1.54, 1.807) is 4.90 Å². The lowest BCUT2D eigenvalue weighted by molar-refractivity contribution is -0.138. The molecule has 130 valence electrons. The van der Waals surface area contributed by atoms with Gasteiger partial charge in [-0.2, -0.15) is 0 Å². The Morgan fingerprint density at radius 3 is 2.62 bits per heavy atom. The second kappa shape index (κ2) is 9.05. The fourth-order valence-corrected chi connectivity index (χ4v) is 2.90. The first-order valence-corrected chi connectivity index (χ1v) is 8.37. The molecule has 0 radical (unpaired) electrons. The van der Waals surface area contributed by atoms with E-state index in [0.717, 1.165) is 18.4 Å². The van der Waals surface area contributed by atoms with Gasteiger partial charge in [0.05, 0.1) is 6.54 Å². The van der Waals surface area contributed by atoms with Crippen molar-refractivity contribution in [2.75, 3.05) is 13.1 Å². The molecule has 1 aromatic rings. The molecular weight excluding hydrogens is 308 g/mol. The Morgan fingerprint density at radius 2 is 1.96 bits per heavy atom. The van der Waals surface area contributed by atoms with Crippen LogP contribution in [0.15, 0.2) is 30.3 Å². The van der Waals surface area contributed by atoms with Crippen LogP contribution < -0.4 is 5.32 Å². The number of rotatable bonds is 8. The number of nitrogens with zero attached hydrogens (tertiary/aromatic N) is 1. The molecule has 2 N–H and O–H groups in total. The topological polar surface area (TPSA) is 86.7 Å². The van der Waals surface area contributed by atoms with E-state index in [9.17, 15) is 14.4 Å². The minimum Gasteiger partial charge on any atom is -0.481 e. The first kappa shape index (κ1) is 18.0. The molecule has 1 aromatic carbocycles. The van der Waals surface area contributed by atoms with Crippen LogP contribution in [0.3, 0.4) is 0 Å². The maximum Gasteiger partial charge on any atom is 0.303 e. The molecule has 1 aliphatic rings. The summed E-state index contributed by atoms with van der Waals surface area (Å²) in [5.74, 6) is -1.09. The Hall–Kier alpha value is -2.37. The highest BCUT2D eigenvalue weighted by Gasteiger charge is 2.22. The van der Waals surface area contributed by atoms with Gasteiger partial charge >= 0.3 is 5.97 Å². The fourth-order valence-electron chi connectivity index (χ4n) is 2.90. The molecule has 0 spiro atoms. The van der Waals surface area contributed by atoms with Crippen molar-refractivity contribution in [2.45, 2.75) is 44.6 Å². The number of carbonyl (C=O) groups is 3. The lowest BCUT2D eigenvalue weighted by Crippen LogP contribution is -2.46. The molecule has 1 fully saturated rings. The fraction of sp³-hybridized carbons (Fsp3) is 0.500. The largest absolute Gasteiger partial charge is 0.481 e. The molecule has 1 atom stereocenters. The van der Waals surface area contributed by atoms with E-state index in [2.05, 4.69) is 5.32 Å². The van der Waals surface area contributed by atoms with E-state index >= 15 is 0 Å². The van der Waals surface area contributed by atoms with Crippen molar-refractivity contribution in [2.24, 2.45) is 0 Å². The van der Waals surface area contributed by atoms with Gasteiger partial charge in [0.1, 0.15) is 0 Å². The van der Waals surface area contributed by atoms with E-state index < -0.39 is 5.97 Å². The molecule has 2 amide bonds. The highest BCUT2D eigenvalue weighted by Crippen LogP contribution is 2.11. The van der Waals surface area contributed by atoms with E-state index in [-0.39, 0.29) is 30.8 Å². The first-order chi connectivity index (χ1) is 11.5. The number of carboxylic acids is 1. The molecule has 6 nitrogen and oxygen atoms in total. The summed E-state index contributed by atoms with van der Waals surface area (Å²) in [6.45, 7) is 0.669. The summed E-state index contributed by atoms with van der Waals surface area (Å²) < 4.78 is 0. The molecule has 1 saturated heterocycles.